The van der Waals surface area contributed by atoms with E-state index in [2.05, 4.69) is 5.32 Å². The van der Waals surface area contributed by atoms with Crippen molar-refractivity contribution in [1.82, 2.24) is 14.5 Å². The van der Waals surface area contributed by atoms with E-state index in [1.54, 1.807) is 12.1 Å². The first-order chi connectivity index (χ1) is 17.2. The number of ether oxygens (including phenoxy) is 1. The Kier molecular flexibility index (Phi) is 9.36. The standard InChI is InChI=1S/C22H24N4O9S.Na/c27-18(26(19-9-5-11-34-19)17-13-25(21(17)29)36(31,32)33)12-23-20(28)16-8-4-10-24(16)22(30)35-14-15-6-2-1-3-7-15;/h1-3,5-7,9,11,16-17H,4,8,10,12-14H2,(H,23,28)(H,31,32,33);/q;+1/p-1. The molecule has 13 nitrogen and oxygen atoms in total. The van der Waals surface area contributed by atoms with Gasteiger partial charge in [-0.2, -0.15) is 0 Å². The van der Waals surface area contributed by atoms with Crippen molar-refractivity contribution >= 4 is 40.0 Å². The molecule has 0 bridgehead atoms. The monoisotopic (exact) mass is 542 g/mol. The Bertz CT molecular complexity index is 1240. The minimum absolute atomic E-state index is 0. The predicted molar refractivity (Wildman–Crippen MR) is 121 cm³/mol. The van der Waals surface area contributed by atoms with Crippen molar-refractivity contribution in [2.45, 2.75) is 31.5 Å². The Morgan fingerprint density at radius 2 is 1.89 bits per heavy atom. The van der Waals surface area contributed by atoms with Gasteiger partial charge in [0.2, 0.25) is 17.7 Å². The number of nitrogens with zero attached hydrogens (tertiary/aromatic N) is 3. The van der Waals surface area contributed by atoms with Crippen molar-refractivity contribution in [3.05, 3.63) is 54.3 Å². The summed E-state index contributed by atoms with van der Waals surface area (Å²) in [5.74, 6) is -2.48. The molecule has 2 aromatic rings. The fraction of sp³-hybridized carbons (Fsp3) is 0.364. The summed E-state index contributed by atoms with van der Waals surface area (Å²) in [5, 5.41) is 2.46. The summed E-state index contributed by atoms with van der Waals surface area (Å²) in [6.07, 6.45) is 1.54. The van der Waals surface area contributed by atoms with Crippen LogP contribution in [0.4, 0.5) is 10.7 Å². The van der Waals surface area contributed by atoms with Crippen molar-refractivity contribution in [2.24, 2.45) is 0 Å². The van der Waals surface area contributed by atoms with E-state index in [-0.39, 0.29) is 46.4 Å². The van der Waals surface area contributed by atoms with Crippen LogP contribution in [0, 0.1) is 0 Å². The zero-order chi connectivity index (χ0) is 25.9. The van der Waals surface area contributed by atoms with Gasteiger partial charge in [-0.1, -0.05) is 30.3 Å². The van der Waals surface area contributed by atoms with Crippen LogP contribution in [0.25, 0.3) is 0 Å². The third kappa shape index (κ3) is 6.51. The van der Waals surface area contributed by atoms with E-state index in [1.807, 2.05) is 18.2 Å². The maximum absolute atomic E-state index is 12.9. The van der Waals surface area contributed by atoms with Gasteiger partial charge in [-0.3, -0.25) is 24.2 Å². The van der Waals surface area contributed by atoms with Gasteiger partial charge in [0, 0.05) is 12.6 Å². The van der Waals surface area contributed by atoms with E-state index in [0.29, 0.717) is 19.4 Å². The summed E-state index contributed by atoms with van der Waals surface area (Å²) in [6, 6.07) is 9.78. The number of furan rings is 1. The molecule has 0 radical (unpaired) electrons. The molecule has 4 rings (SSSR count). The smallest absolute Gasteiger partial charge is 0.731 e. The molecule has 2 fully saturated rings. The summed E-state index contributed by atoms with van der Waals surface area (Å²) in [6.45, 7) is -0.730. The van der Waals surface area contributed by atoms with E-state index in [4.69, 9.17) is 9.15 Å². The minimum Gasteiger partial charge on any atom is -0.731 e. The maximum atomic E-state index is 12.9. The number of β-lactam (4-membered cyclic amide) rings is 1. The molecular weight excluding hydrogens is 519 g/mol. The van der Waals surface area contributed by atoms with Gasteiger partial charge in [-0.25, -0.2) is 17.5 Å². The quantitative estimate of drug-likeness (QED) is 0.210. The molecule has 2 unspecified atom stereocenters. The van der Waals surface area contributed by atoms with Gasteiger partial charge in [0.15, 0.2) is 10.3 Å². The molecule has 3 heterocycles. The first-order valence-electron chi connectivity index (χ1n) is 11.0. The van der Waals surface area contributed by atoms with E-state index in [0.717, 1.165) is 10.5 Å². The van der Waals surface area contributed by atoms with Gasteiger partial charge in [-0.15, -0.1) is 0 Å². The van der Waals surface area contributed by atoms with E-state index in [9.17, 15) is 32.1 Å². The van der Waals surface area contributed by atoms with Crippen molar-refractivity contribution in [3.63, 3.8) is 0 Å². The van der Waals surface area contributed by atoms with Gasteiger partial charge < -0.3 is 19.0 Å². The molecule has 2 aliphatic heterocycles. The van der Waals surface area contributed by atoms with Gasteiger partial charge in [0.05, 0.1) is 19.4 Å². The molecule has 1 aromatic carbocycles. The Morgan fingerprint density at radius 3 is 2.51 bits per heavy atom. The second kappa shape index (κ2) is 12.1. The average Bonchev–Trinajstić information content (AvgIpc) is 3.55. The third-order valence-corrected chi connectivity index (χ3v) is 6.74. The van der Waals surface area contributed by atoms with Crippen molar-refractivity contribution in [2.75, 3.05) is 24.5 Å². The van der Waals surface area contributed by atoms with Crippen LogP contribution in [0.5, 0.6) is 0 Å². The summed E-state index contributed by atoms with van der Waals surface area (Å²) in [4.78, 5) is 52.7. The SMILES string of the molecule is O=C(NCC(=O)N(c1ccco1)C1CN(S(=O)(=O)[O-])C1=O)C1CCCN1C(=O)OCc1ccccc1.[Na+]. The van der Waals surface area contributed by atoms with Gasteiger partial charge >= 0.3 is 35.7 Å². The number of anilines is 1. The van der Waals surface area contributed by atoms with Gasteiger partial charge in [0.25, 0.3) is 5.91 Å². The van der Waals surface area contributed by atoms with Crippen molar-refractivity contribution in [3.8, 4) is 0 Å². The number of nitrogens with one attached hydrogen (secondary N) is 1. The molecule has 0 aliphatic carbocycles. The molecule has 0 saturated carbocycles. The number of carbonyl (C=O) groups excluding carboxylic acids is 4. The second-order valence-electron chi connectivity index (χ2n) is 8.17. The molecule has 0 spiro atoms. The molecule has 1 N–H and O–H groups in total. The van der Waals surface area contributed by atoms with Crippen LogP contribution >= 0.6 is 0 Å². The Balaban J connectivity index is 0.00000380. The fourth-order valence-electron chi connectivity index (χ4n) is 4.06. The van der Waals surface area contributed by atoms with Crippen LogP contribution in [-0.4, -0.2) is 77.7 Å². The molecule has 1 aromatic heterocycles. The van der Waals surface area contributed by atoms with Crippen molar-refractivity contribution in [1.29, 1.82) is 0 Å². The van der Waals surface area contributed by atoms with Crippen LogP contribution in [-0.2, 0) is 36.0 Å². The molecule has 2 aliphatic rings. The largest absolute Gasteiger partial charge is 1.00 e. The molecule has 192 valence electrons. The topological polar surface area (TPSA) is 170 Å². The zero-order valence-corrected chi connectivity index (χ0v) is 22.8. The van der Waals surface area contributed by atoms with Crippen molar-refractivity contribution < 1.29 is 70.9 Å². The van der Waals surface area contributed by atoms with E-state index in [1.165, 1.54) is 23.3 Å². The fourth-order valence-corrected chi connectivity index (χ4v) is 4.72. The summed E-state index contributed by atoms with van der Waals surface area (Å²) < 4.78 is 44.0. The van der Waals surface area contributed by atoms with E-state index < -0.39 is 59.3 Å². The molecule has 15 heteroatoms. The van der Waals surface area contributed by atoms with Crippen LogP contribution in [0.15, 0.2) is 53.1 Å². The number of amides is 4. The normalized spacial score (nSPS) is 19.0. The second-order valence-corrected chi connectivity index (χ2v) is 9.46. The Hall–Kier alpha value is -2.91. The van der Waals surface area contributed by atoms with Gasteiger partial charge in [0.1, 0.15) is 18.7 Å². The number of carbonyl (C=O) groups is 4. The molecule has 37 heavy (non-hydrogen) atoms. The molecule has 4 amide bonds. The summed E-state index contributed by atoms with van der Waals surface area (Å²) in [7, 11) is -5.00. The third-order valence-electron chi connectivity index (χ3n) is 5.87. The molecule has 2 atom stereocenters. The number of hydrogen-bond acceptors (Lipinski definition) is 9. The van der Waals surface area contributed by atoms with Gasteiger partial charge in [-0.05, 0) is 24.5 Å². The number of rotatable bonds is 8. The van der Waals surface area contributed by atoms with Crippen LogP contribution in [0.3, 0.4) is 0 Å². The maximum Gasteiger partial charge on any atom is 1.00 e. The van der Waals surface area contributed by atoms with E-state index >= 15 is 0 Å². The number of benzene rings is 1. The summed E-state index contributed by atoms with van der Waals surface area (Å²) >= 11 is 0. The Morgan fingerprint density at radius 1 is 1.16 bits per heavy atom. The van der Waals surface area contributed by atoms with Crippen LogP contribution in [0.1, 0.15) is 18.4 Å². The zero-order valence-electron chi connectivity index (χ0n) is 19.9. The number of likely N-dealkylation sites (tertiary alicyclic amines) is 1. The van der Waals surface area contributed by atoms with Crippen LogP contribution in [0.2, 0.25) is 0 Å². The molecule has 2 saturated heterocycles. The average molecular weight is 543 g/mol. The van der Waals surface area contributed by atoms with Crippen LogP contribution < -0.4 is 39.8 Å². The Labute approximate surface area is 234 Å². The minimum atomic E-state index is -5.00. The first kappa shape index (κ1) is 28.7. The molecular formula is C22H23N4NaO9S. The predicted octanol–water partition coefficient (Wildman–Crippen LogP) is -2.79. The summed E-state index contributed by atoms with van der Waals surface area (Å²) in [5.41, 5.74) is 0.795. The first-order valence-corrected chi connectivity index (χ1v) is 12.4. The number of hydrogen-bond donors (Lipinski definition) is 1.